The van der Waals surface area contributed by atoms with E-state index in [9.17, 15) is 9.90 Å². The number of phenolic OH excluding ortho intramolecular Hbond substituents is 1. The number of aromatic hydroxyl groups is 1. The van der Waals surface area contributed by atoms with E-state index in [4.69, 9.17) is 0 Å². The maximum atomic E-state index is 12.2. The van der Waals surface area contributed by atoms with Crippen molar-refractivity contribution >= 4 is 11.6 Å². The van der Waals surface area contributed by atoms with Gasteiger partial charge in [0.15, 0.2) is 5.78 Å². The fraction of sp³-hybridized carbons (Fsp3) is 0.263. The molecule has 2 aliphatic heterocycles. The predicted molar refractivity (Wildman–Crippen MR) is 92.1 cm³/mol. The average Bonchev–Trinajstić information content (AvgIpc) is 3.21. The average molecular weight is 321 g/mol. The molecule has 24 heavy (non-hydrogen) atoms. The zero-order chi connectivity index (χ0) is 16.5. The Morgan fingerprint density at radius 1 is 1.12 bits per heavy atom. The third-order valence-corrected chi connectivity index (χ3v) is 4.81. The van der Waals surface area contributed by atoms with Gasteiger partial charge in [0, 0.05) is 43.6 Å². The molecule has 0 radical (unpaired) electrons. The van der Waals surface area contributed by atoms with Crippen LogP contribution in [0, 0.1) is 0 Å². The van der Waals surface area contributed by atoms with E-state index in [0.717, 1.165) is 25.3 Å². The fourth-order valence-corrected chi connectivity index (χ4v) is 3.62. The van der Waals surface area contributed by atoms with E-state index in [0.29, 0.717) is 17.6 Å². The zero-order valence-electron chi connectivity index (χ0n) is 13.2. The first-order valence-corrected chi connectivity index (χ1v) is 8.16. The zero-order valence-corrected chi connectivity index (χ0v) is 13.2. The molecule has 2 aliphatic rings. The summed E-state index contributed by atoms with van der Waals surface area (Å²) in [6.45, 7) is 1.82. The number of ketones is 1. The Labute approximate surface area is 140 Å². The second-order valence-electron chi connectivity index (χ2n) is 6.28. The molecule has 0 amide bonds. The Kier molecular flexibility index (Phi) is 3.69. The molecule has 0 unspecified atom stereocenters. The normalized spacial score (nSPS) is 22.5. The van der Waals surface area contributed by atoms with Crippen molar-refractivity contribution < 1.29 is 9.90 Å². The predicted octanol–water partition coefficient (Wildman–Crippen LogP) is 2.45. The number of rotatable bonds is 4. The highest BCUT2D eigenvalue weighted by Crippen LogP contribution is 2.33. The summed E-state index contributed by atoms with van der Waals surface area (Å²) in [4.78, 5) is 21.2. The summed E-state index contributed by atoms with van der Waals surface area (Å²) in [7, 11) is 0. The number of pyridine rings is 1. The molecular formula is C19H19N3O2. The van der Waals surface area contributed by atoms with Crippen LogP contribution in [0.1, 0.15) is 16.8 Å². The molecule has 3 heterocycles. The molecule has 1 aromatic heterocycles. The van der Waals surface area contributed by atoms with Crippen LogP contribution in [0.3, 0.4) is 0 Å². The molecule has 0 saturated carbocycles. The highest BCUT2D eigenvalue weighted by molar-refractivity contribution is 6.06. The Balaban J connectivity index is 1.42. The van der Waals surface area contributed by atoms with Crippen LogP contribution in [0.4, 0.5) is 5.82 Å². The molecule has 1 aromatic carbocycles. The van der Waals surface area contributed by atoms with Crippen molar-refractivity contribution in [1.29, 1.82) is 0 Å². The second-order valence-corrected chi connectivity index (χ2v) is 6.28. The molecular weight excluding hydrogens is 302 g/mol. The monoisotopic (exact) mass is 321 g/mol. The maximum absolute atomic E-state index is 12.2. The number of likely N-dealkylation sites (tertiary alicyclic amines) is 1. The van der Waals surface area contributed by atoms with E-state index >= 15 is 0 Å². The van der Waals surface area contributed by atoms with Crippen molar-refractivity contribution in [3.8, 4) is 5.75 Å². The van der Waals surface area contributed by atoms with Crippen LogP contribution in [-0.4, -0.2) is 45.9 Å². The van der Waals surface area contributed by atoms with Crippen LogP contribution in [-0.2, 0) is 0 Å². The van der Waals surface area contributed by atoms with Gasteiger partial charge in [-0.25, -0.2) is 4.98 Å². The lowest BCUT2D eigenvalue weighted by molar-refractivity contribution is 0.104. The minimum Gasteiger partial charge on any atom is -0.507 e. The molecule has 4 rings (SSSR count). The number of para-hydroxylation sites is 1. The first kappa shape index (κ1) is 14.8. The number of carbonyl (C=O) groups is 1. The number of fused-ring (bicyclic) bond motifs is 2. The topological polar surface area (TPSA) is 56.7 Å². The smallest absolute Gasteiger partial charge is 0.190 e. The first-order valence-electron chi connectivity index (χ1n) is 8.16. The van der Waals surface area contributed by atoms with E-state index in [-0.39, 0.29) is 11.5 Å². The summed E-state index contributed by atoms with van der Waals surface area (Å²) in [5.41, 5.74) is 0.341. The SMILES string of the molecule is O=C(C=CN1C[C@@H]2C[C@H]1CN2c1ccccn1)c1ccccc1O. The van der Waals surface area contributed by atoms with Gasteiger partial charge >= 0.3 is 0 Å². The summed E-state index contributed by atoms with van der Waals surface area (Å²) in [5.74, 6) is 0.882. The Morgan fingerprint density at radius 3 is 2.67 bits per heavy atom. The third kappa shape index (κ3) is 2.62. The van der Waals surface area contributed by atoms with Crippen molar-refractivity contribution in [3.63, 3.8) is 0 Å². The van der Waals surface area contributed by atoms with Gasteiger partial charge < -0.3 is 14.9 Å². The molecule has 0 spiro atoms. The van der Waals surface area contributed by atoms with Crippen molar-refractivity contribution in [2.45, 2.75) is 18.5 Å². The summed E-state index contributed by atoms with van der Waals surface area (Å²) in [5, 5.41) is 9.76. The number of benzene rings is 1. The quantitative estimate of drug-likeness (QED) is 0.692. The molecule has 2 aromatic rings. The lowest BCUT2D eigenvalue weighted by Gasteiger charge is -2.34. The van der Waals surface area contributed by atoms with Crippen molar-refractivity contribution in [1.82, 2.24) is 9.88 Å². The van der Waals surface area contributed by atoms with Gasteiger partial charge in [-0.3, -0.25) is 4.79 Å². The van der Waals surface area contributed by atoms with Gasteiger partial charge in [0.1, 0.15) is 11.6 Å². The summed E-state index contributed by atoms with van der Waals surface area (Å²) >= 11 is 0. The van der Waals surface area contributed by atoms with Crippen molar-refractivity contribution in [3.05, 3.63) is 66.5 Å². The molecule has 2 bridgehead atoms. The standard InChI is InChI=1S/C19H19N3O2/c23-17-6-2-1-5-16(17)18(24)8-10-21-12-15-11-14(21)13-22(15)19-7-3-4-9-20-19/h1-10,14-15,23H,11-13H2/t14-,15-/m0/s1. The van der Waals surface area contributed by atoms with Gasteiger partial charge in [0.2, 0.25) is 0 Å². The van der Waals surface area contributed by atoms with E-state index in [1.165, 1.54) is 6.07 Å². The van der Waals surface area contributed by atoms with Gasteiger partial charge in [-0.05, 0) is 30.7 Å². The Morgan fingerprint density at radius 2 is 1.96 bits per heavy atom. The number of hydrogen-bond acceptors (Lipinski definition) is 5. The Hall–Kier alpha value is -2.82. The van der Waals surface area contributed by atoms with Crippen LogP contribution in [0.15, 0.2) is 60.9 Å². The van der Waals surface area contributed by atoms with Crippen molar-refractivity contribution in [2.75, 3.05) is 18.0 Å². The molecule has 2 fully saturated rings. The molecule has 2 atom stereocenters. The number of anilines is 1. The van der Waals surface area contributed by atoms with Crippen LogP contribution in [0.2, 0.25) is 0 Å². The number of carbonyl (C=O) groups excluding carboxylic acids is 1. The molecule has 1 N–H and O–H groups in total. The van der Waals surface area contributed by atoms with Crippen LogP contribution in [0.5, 0.6) is 5.75 Å². The van der Waals surface area contributed by atoms with Gasteiger partial charge in [-0.2, -0.15) is 0 Å². The third-order valence-electron chi connectivity index (χ3n) is 4.81. The fourth-order valence-electron chi connectivity index (χ4n) is 3.62. The van der Waals surface area contributed by atoms with Crippen molar-refractivity contribution in [2.24, 2.45) is 0 Å². The van der Waals surface area contributed by atoms with Gasteiger partial charge in [-0.15, -0.1) is 0 Å². The van der Waals surface area contributed by atoms with Crippen LogP contribution in [0.25, 0.3) is 0 Å². The number of nitrogens with zero attached hydrogens (tertiary/aromatic N) is 3. The van der Waals surface area contributed by atoms with Gasteiger partial charge in [-0.1, -0.05) is 18.2 Å². The highest BCUT2D eigenvalue weighted by atomic mass is 16.3. The molecule has 0 aliphatic carbocycles. The molecule has 2 saturated heterocycles. The number of hydrogen-bond donors (Lipinski definition) is 1. The van der Waals surface area contributed by atoms with Crippen LogP contribution < -0.4 is 4.90 Å². The van der Waals surface area contributed by atoms with Gasteiger partial charge in [0.05, 0.1) is 5.56 Å². The second kappa shape index (κ2) is 6.00. The number of aromatic nitrogens is 1. The van der Waals surface area contributed by atoms with E-state index in [2.05, 4.69) is 14.8 Å². The Bertz CT molecular complexity index is 775. The number of allylic oxidation sites excluding steroid dienone is 1. The first-order chi connectivity index (χ1) is 11.7. The largest absolute Gasteiger partial charge is 0.507 e. The van der Waals surface area contributed by atoms with E-state index < -0.39 is 0 Å². The maximum Gasteiger partial charge on any atom is 0.190 e. The summed E-state index contributed by atoms with van der Waals surface area (Å²) < 4.78 is 0. The minimum absolute atomic E-state index is 0.0245. The summed E-state index contributed by atoms with van der Waals surface area (Å²) in [6.07, 6.45) is 6.34. The van der Waals surface area contributed by atoms with Crippen LogP contribution >= 0.6 is 0 Å². The molecule has 5 nitrogen and oxygen atoms in total. The van der Waals surface area contributed by atoms with Gasteiger partial charge in [0.25, 0.3) is 0 Å². The van der Waals surface area contributed by atoms with E-state index in [1.807, 2.05) is 30.6 Å². The minimum atomic E-state index is -0.169. The molecule has 5 heteroatoms. The summed E-state index contributed by atoms with van der Waals surface area (Å²) in [6, 6.07) is 13.5. The van der Waals surface area contributed by atoms with E-state index in [1.54, 1.807) is 24.3 Å². The molecule has 122 valence electrons. The number of phenols is 1. The highest BCUT2D eigenvalue weighted by Gasteiger charge is 2.42. The lowest BCUT2D eigenvalue weighted by atomic mass is 10.1. The lowest BCUT2D eigenvalue weighted by Crippen LogP contribution is -2.44. The number of piperazine rings is 1.